The molecular formula is C27H27FN4O. The molecule has 4 aromatic rings. The molecule has 1 saturated heterocycles. The van der Waals surface area contributed by atoms with Gasteiger partial charge in [0.1, 0.15) is 11.3 Å². The molecule has 1 aromatic heterocycles. The zero-order valence-electron chi connectivity index (χ0n) is 18.7. The summed E-state index contributed by atoms with van der Waals surface area (Å²) in [6.45, 7) is 6.62. The number of rotatable bonds is 5. The second-order valence-electron chi connectivity index (χ2n) is 9.06. The molecule has 2 aliphatic rings. The Morgan fingerprint density at radius 3 is 2.55 bits per heavy atom. The molecule has 2 heterocycles. The van der Waals surface area contributed by atoms with Gasteiger partial charge in [-0.25, -0.2) is 4.39 Å². The van der Waals surface area contributed by atoms with Crippen LogP contribution in [0.1, 0.15) is 18.4 Å². The molecule has 0 unspecified atom stereocenters. The summed E-state index contributed by atoms with van der Waals surface area (Å²) in [5.74, 6) is -0.271. The zero-order valence-corrected chi connectivity index (χ0v) is 18.7. The Kier molecular flexibility index (Phi) is 5.03. The number of halogens is 1. The van der Waals surface area contributed by atoms with Gasteiger partial charge in [-0.05, 0) is 67.3 Å². The van der Waals surface area contributed by atoms with Crippen LogP contribution in [-0.2, 0) is 0 Å². The van der Waals surface area contributed by atoms with Gasteiger partial charge in [-0.2, -0.15) is 4.98 Å². The summed E-state index contributed by atoms with van der Waals surface area (Å²) in [6.07, 6.45) is 2.75. The Labute approximate surface area is 192 Å². The average molecular weight is 443 g/mol. The maximum atomic E-state index is 13.7. The van der Waals surface area contributed by atoms with E-state index in [1.54, 1.807) is 6.07 Å². The van der Waals surface area contributed by atoms with Crippen LogP contribution < -0.4 is 10.2 Å². The largest absolute Gasteiger partial charge is 0.423 e. The van der Waals surface area contributed by atoms with E-state index in [4.69, 9.17) is 4.42 Å². The van der Waals surface area contributed by atoms with Crippen molar-refractivity contribution >= 4 is 28.5 Å². The van der Waals surface area contributed by atoms with Crippen molar-refractivity contribution in [2.24, 2.45) is 0 Å². The summed E-state index contributed by atoms with van der Waals surface area (Å²) < 4.78 is 19.8. The van der Waals surface area contributed by atoms with Crippen molar-refractivity contribution in [2.45, 2.75) is 25.8 Å². The van der Waals surface area contributed by atoms with Gasteiger partial charge in [0.05, 0.1) is 0 Å². The predicted molar refractivity (Wildman–Crippen MR) is 131 cm³/mol. The number of piperazine rings is 1. The molecule has 0 bridgehead atoms. The normalized spacial score (nSPS) is 17.0. The number of anilines is 3. The van der Waals surface area contributed by atoms with Gasteiger partial charge in [-0.15, -0.1) is 0 Å². The Morgan fingerprint density at radius 1 is 0.970 bits per heavy atom. The van der Waals surface area contributed by atoms with Crippen molar-refractivity contribution in [2.75, 3.05) is 36.4 Å². The third-order valence-corrected chi connectivity index (χ3v) is 6.72. The third-order valence-electron chi connectivity index (χ3n) is 6.72. The van der Waals surface area contributed by atoms with Crippen LogP contribution in [0.25, 0.3) is 22.2 Å². The lowest BCUT2D eigenvalue weighted by atomic mass is 10.0. The summed E-state index contributed by atoms with van der Waals surface area (Å²) in [5, 5.41) is 3.31. The first-order valence-electron chi connectivity index (χ1n) is 11.7. The van der Waals surface area contributed by atoms with E-state index in [2.05, 4.69) is 45.2 Å². The molecule has 1 saturated carbocycles. The number of aryl methyl sites for hydroxylation is 1. The minimum Gasteiger partial charge on any atom is -0.423 e. The van der Waals surface area contributed by atoms with Gasteiger partial charge in [0.25, 0.3) is 6.01 Å². The Morgan fingerprint density at radius 2 is 1.79 bits per heavy atom. The number of aromatic nitrogens is 1. The fourth-order valence-electron chi connectivity index (χ4n) is 4.86. The molecule has 1 aliphatic heterocycles. The van der Waals surface area contributed by atoms with E-state index >= 15 is 0 Å². The molecule has 0 amide bonds. The highest BCUT2D eigenvalue weighted by Crippen LogP contribution is 2.33. The standard InChI is InChI=1S/C27H27FN4O/c1-18-16-21(8-11-25(18)32-14-12-31(13-15-32)22-9-10-22)29-27-30-24-7-3-6-23(26(24)33-27)19-4-2-5-20(28)17-19/h2-8,11,16-17,22H,9-10,12-15H2,1H3,(H,29,30). The highest BCUT2D eigenvalue weighted by atomic mass is 19.1. The quantitative estimate of drug-likeness (QED) is 0.413. The molecule has 2 fully saturated rings. The lowest BCUT2D eigenvalue weighted by Gasteiger charge is -2.37. The number of nitrogens with one attached hydrogen (secondary N) is 1. The number of hydrogen-bond donors (Lipinski definition) is 1. The van der Waals surface area contributed by atoms with E-state index in [0.717, 1.165) is 54.6 Å². The van der Waals surface area contributed by atoms with Crippen molar-refractivity contribution in [1.29, 1.82) is 0 Å². The summed E-state index contributed by atoms with van der Waals surface area (Å²) >= 11 is 0. The molecule has 1 aliphatic carbocycles. The number of benzene rings is 3. The fourth-order valence-corrected chi connectivity index (χ4v) is 4.86. The molecule has 1 N–H and O–H groups in total. The maximum absolute atomic E-state index is 13.7. The molecule has 3 aromatic carbocycles. The number of fused-ring (bicyclic) bond motifs is 1. The van der Waals surface area contributed by atoms with Gasteiger partial charge in [0.15, 0.2) is 5.58 Å². The van der Waals surface area contributed by atoms with E-state index in [-0.39, 0.29) is 5.82 Å². The summed E-state index contributed by atoms with van der Waals surface area (Å²) in [6, 6.07) is 20.0. The SMILES string of the molecule is Cc1cc(Nc2nc3cccc(-c4cccc(F)c4)c3o2)ccc1N1CCN(C2CC2)CC1. The van der Waals surface area contributed by atoms with Crippen LogP contribution in [0.2, 0.25) is 0 Å². The number of nitrogens with zero attached hydrogens (tertiary/aromatic N) is 3. The molecule has 0 atom stereocenters. The second kappa shape index (κ2) is 8.19. The van der Waals surface area contributed by atoms with Crippen LogP contribution in [-0.4, -0.2) is 42.1 Å². The molecule has 6 rings (SSSR count). The number of hydrogen-bond acceptors (Lipinski definition) is 5. The van der Waals surface area contributed by atoms with Crippen LogP contribution in [0.3, 0.4) is 0 Å². The maximum Gasteiger partial charge on any atom is 0.300 e. The summed E-state index contributed by atoms with van der Waals surface area (Å²) in [7, 11) is 0. The fraction of sp³-hybridized carbons (Fsp3) is 0.296. The third kappa shape index (κ3) is 4.07. The van der Waals surface area contributed by atoms with Crippen LogP contribution in [0.15, 0.2) is 65.1 Å². The molecule has 33 heavy (non-hydrogen) atoms. The highest BCUT2D eigenvalue weighted by Gasteiger charge is 2.31. The molecule has 0 radical (unpaired) electrons. The Hall–Kier alpha value is -3.38. The summed E-state index contributed by atoms with van der Waals surface area (Å²) in [4.78, 5) is 9.72. The van der Waals surface area contributed by atoms with Gasteiger partial charge >= 0.3 is 0 Å². The van der Waals surface area contributed by atoms with Crippen LogP contribution >= 0.6 is 0 Å². The first kappa shape index (κ1) is 20.2. The van der Waals surface area contributed by atoms with E-state index in [1.165, 1.54) is 36.2 Å². The van der Waals surface area contributed by atoms with Gasteiger partial charge < -0.3 is 14.6 Å². The molecule has 6 heteroatoms. The second-order valence-corrected chi connectivity index (χ2v) is 9.06. The Balaban J connectivity index is 1.22. The smallest absolute Gasteiger partial charge is 0.300 e. The highest BCUT2D eigenvalue weighted by molar-refractivity contribution is 5.91. The minimum absolute atomic E-state index is 0.271. The average Bonchev–Trinajstić information content (AvgIpc) is 3.59. The predicted octanol–water partition coefficient (Wildman–Crippen LogP) is 5.97. The topological polar surface area (TPSA) is 44.5 Å². The van der Waals surface area contributed by atoms with E-state index in [1.807, 2.05) is 24.3 Å². The van der Waals surface area contributed by atoms with Gasteiger partial charge in [-0.3, -0.25) is 4.90 Å². The van der Waals surface area contributed by atoms with Gasteiger partial charge in [-0.1, -0.05) is 24.3 Å². The number of para-hydroxylation sites is 1. The first-order valence-corrected chi connectivity index (χ1v) is 11.7. The first-order chi connectivity index (χ1) is 16.1. The van der Waals surface area contributed by atoms with Crippen LogP contribution in [0.5, 0.6) is 0 Å². The molecular weight excluding hydrogens is 415 g/mol. The monoisotopic (exact) mass is 442 g/mol. The van der Waals surface area contributed by atoms with E-state index in [9.17, 15) is 4.39 Å². The number of oxazole rings is 1. The van der Waals surface area contributed by atoms with Crippen LogP contribution in [0.4, 0.5) is 21.8 Å². The van der Waals surface area contributed by atoms with Gasteiger partial charge in [0.2, 0.25) is 0 Å². The minimum atomic E-state index is -0.271. The van der Waals surface area contributed by atoms with Crippen molar-refractivity contribution in [3.8, 4) is 11.1 Å². The Bertz CT molecular complexity index is 1300. The van der Waals surface area contributed by atoms with Crippen molar-refractivity contribution in [3.63, 3.8) is 0 Å². The molecule has 168 valence electrons. The van der Waals surface area contributed by atoms with E-state index in [0.29, 0.717) is 11.6 Å². The van der Waals surface area contributed by atoms with Crippen LogP contribution in [0, 0.1) is 12.7 Å². The van der Waals surface area contributed by atoms with Crippen molar-refractivity contribution < 1.29 is 8.81 Å². The zero-order chi connectivity index (χ0) is 22.4. The molecule has 5 nitrogen and oxygen atoms in total. The summed E-state index contributed by atoms with van der Waals surface area (Å²) in [5.41, 5.74) is 6.44. The van der Waals surface area contributed by atoms with Crippen molar-refractivity contribution in [1.82, 2.24) is 9.88 Å². The van der Waals surface area contributed by atoms with E-state index < -0.39 is 0 Å². The lowest BCUT2D eigenvalue weighted by molar-refractivity contribution is 0.248. The lowest BCUT2D eigenvalue weighted by Crippen LogP contribution is -2.47. The van der Waals surface area contributed by atoms with Gasteiger partial charge in [0, 0.05) is 49.2 Å². The van der Waals surface area contributed by atoms with Crippen molar-refractivity contribution in [3.05, 3.63) is 72.0 Å². The molecule has 0 spiro atoms.